The van der Waals surface area contributed by atoms with Crippen LogP contribution in [0, 0.1) is 0 Å². The normalized spacial score (nSPS) is 12.3. The van der Waals surface area contributed by atoms with Gasteiger partial charge in [-0.05, 0) is 19.1 Å². The first-order chi connectivity index (χ1) is 8.70. The number of rotatable bonds is 4. The lowest BCUT2D eigenvalue weighted by molar-refractivity contribution is -0.142. The number of hydrogen-bond acceptors (Lipinski definition) is 4. The maximum Gasteiger partial charge on any atom is 0.322 e. The largest absolute Gasteiger partial charge is 0.468 e. The smallest absolute Gasteiger partial charge is 0.322 e. The molecule has 94 valence electrons. The van der Waals surface area contributed by atoms with Crippen LogP contribution in [0.1, 0.15) is 12.6 Å². The van der Waals surface area contributed by atoms with Crippen molar-refractivity contribution >= 4 is 16.9 Å². The van der Waals surface area contributed by atoms with Crippen LogP contribution in [-0.4, -0.2) is 24.1 Å². The van der Waals surface area contributed by atoms with Gasteiger partial charge in [0.25, 0.3) is 0 Å². The molecule has 0 saturated heterocycles. The number of aromatic nitrogens is 1. The maximum atomic E-state index is 11.2. The summed E-state index contributed by atoms with van der Waals surface area (Å²) in [7, 11) is 1.38. The van der Waals surface area contributed by atoms with Gasteiger partial charge in [-0.1, -0.05) is 24.3 Å². The number of hydrogen-bond donors (Lipinski definition) is 1. The third kappa shape index (κ3) is 2.84. The van der Waals surface area contributed by atoms with E-state index in [0.29, 0.717) is 6.54 Å². The highest BCUT2D eigenvalue weighted by Crippen LogP contribution is 2.11. The SMILES string of the molecule is COC(=O)C(C)NCc1ccc2ccccc2n1. The first kappa shape index (κ1) is 12.5. The second-order valence-electron chi connectivity index (χ2n) is 4.12. The molecule has 0 bridgehead atoms. The van der Waals surface area contributed by atoms with Crippen LogP contribution in [0.15, 0.2) is 36.4 Å². The van der Waals surface area contributed by atoms with Gasteiger partial charge >= 0.3 is 5.97 Å². The molecule has 0 aliphatic heterocycles. The summed E-state index contributed by atoms with van der Waals surface area (Å²) in [5, 5.41) is 4.19. The number of para-hydroxylation sites is 1. The molecule has 2 aromatic rings. The fraction of sp³-hybridized carbons (Fsp3) is 0.286. The second-order valence-corrected chi connectivity index (χ2v) is 4.12. The van der Waals surface area contributed by atoms with Gasteiger partial charge in [-0.3, -0.25) is 15.1 Å². The van der Waals surface area contributed by atoms with Crippen LogP contribution in [0.5, 0.6) is 0 Å². The molecule has 1 unspecified atom stereocenters. The molecule has 1 heterocycles. The lowest BCUT2D eigenvalue weighted by atomic mass is 10.2. The zero-order valence-corrected chi connectivity index (χ0v) is 10.5. The molecule has 0 fully saturated rings. The summed E-state index contributed by atoms with van der Waals surface area (Å²) < 4.78 is 4.65. The Balaban J connectivity index is 2.06. The van der Waals surface area contributed by atoms with Crippen molar-refractivity contribution < 1.29 is 9.53 Å². The summed E-state index contributed by atoms with van der Waals surface area (Å²) in [6.07, 6.45) is 0. The van der Waals surface area contributed by atoms with Crippen molar-refractivity contribution in [2.45, 2.75) is 19.5 Å². The van der Waals surface area contributed by atoms with Crippen molar-refractivity contribution in [1.82, 2.24) is 10.3 Å². The number of carbonyl (C=O) groups excluding carboxylic acids is 1. The molecular weight excluding hydrogens is 228 g/mol. The number of fused-ring (bicyclic) bond motifs is 1. The van der Waals surface area contributed by atoms with E-state index in [2.05, 4.69) is 15.0 Å². The first-order valence-corrected chi connectivity index (χ1v) is 5.86. The molecule has 0 aliphatic carbocycles. The molecule has 0 aliphatic rings. The lowest BCUT2D eigenvalue weighted by Crippen LogP contribution is -2.34. The first-order valence-electron chi connectivity index (χ1n) is 5.86. The van der Waals surface area contributed by atoms with Crippen molar-refractivity contribution in [1.29, 1.82) is 0 Å². The summed E-state index contributed by atoms with van der Waals surface area (Å²) >= 11 is 0. The third-order valence-electron chi connectivity index (χ3n) is 2.80. The predicted octanol–water partition coefficient (Wildman–Crippen LogP) is 1.89. The van der Waals surface area contributed by atoms with Gasteiger partial charge in [0, 0.05) is 11.9 Å². The number of carbonyl (C=O) groups is 1. The van der Waals surface area contributed by atoms with E-state index < -0.39 is 0 Å². The van der Waals surface area contributed by atoms with Crippen LogP contribution >= 0.6 is 0 Å². The highest BCUT2D eigenvalue weighted by molar-refractivity contribution is 5.78. The lowest BCUT2D eigenvalue weighted by Gasteiger charge is -2.11. The number of benzene rings is 1. The molecule has 0 saturated carbocycles. The highest BCUT2D eigenvalue weighted by atomic mass is 16.5. The van der Waals surface area contributed by atoms with Gasteiger partial charge in [-0.2, -0.15) is 0 Å². The highest BCUT2D eigenvalue weighted by Gasteiger charge is 2.11. The van der Waals surface area contributed by atoms with Crippen LogP contribution in [0.3, 0.4) is 0 Å². The summed E-state index contributed by atoms with van der Waals surface area (Å²) in [4.78, 5) is 15.8. The molecule has 0 amide bonds. The number of nitrogens with zero attached hydrogens (tertiary/aromatic N) is 1. The molecule has 1 atom stereocenters. The Kier molecular flexibility index (Phi) is 3.89. The Morgan fingerprint density at radius 1 is 1.33 bits per heavy atom. The summed E-state index contributed by atoms with van der Waals surface area (Å²) in [6.45, 7) is 2.31. The number of ether oxygens (including phenoxy) is 1. The monoisotopic (exact) mass is 244 g/mol. The van der Waals surface area contributed by atoms with Gasteiger partial charge in [0.1, 0.15) is 6.04 Å². The van der Waals surface area contributed by atoms with Gasteiger partial charge in [-0.25, -0.2) is 0 Å². The third-order valence-corrected chi connectivity index (χ3v) is 2.80. The van der Waals surface area contributed by atoms with Crippen LogP contribution in [0.4, 0.5) is 0 Å². The minimum atomic E-state index is -0.330. The molecule has 4 nitrogen and oxygen atoms in total. The molecule has 1 aromatic heterocycles. The molecule has 0 spiro atoms. The standard InChI is InChI=1S/C14H16N2O2/c1-10(14(17)18-2)15-9-12-8-7-11-5-3-4-6-13(11)16-12/h3-8,10,15H,9H2,1-2H3. The van der Waals surface area contributed by atoms with Gasteiger partial charge in [0.2, 0.25) is 0 Å². The predicted molar refractivity (Wildman–Crippen MR) is 70.1 cm³/mol. The molecule has 18 heavy (non-hydrogen) atoms. The van der Waals surface area contributed by atoms with Crippen LogP contribution in [0.25, 0.3) is 10.9 Å². The van der Waals surface area contributed by atoms with E-state index >= 15 is 0 Å². The van der Waals surface area contributed by atoms with Crippen molar-refractivity contribution in [3.05, 3.63) is 42.1 Å². The van der Waals surface area contributed by atoms with E-state index in [-0.39, 0.29) is 12.0 Å². The zero-order valence-electron chi connectivity index (χ0n) is 10.5. The Hall–Kier alpha value is -1.94. The molecule has 1 N–H and O–H groups in total. The second kappa shape index (κ2) is 5.60. The van der Waals surface area contributed by atoms with Crippen LogP contribution in [-0.2, 0) is 16.1 Å². The van der Waals surface area contributed by atoms with Gasteiger partial charge < -0.3 is 4.74 Å². The molecule has 2 rings (SSSR count). The van der Waals surface area contributed by atoms with Crippen molar-refractivity contribution in [3.8, 4) is 0 Å². The van der Waals surface area contributed by atoms with E-state index in [1.165, 1.54) is 7.11 Å². The van der Waals surface area contributed by atoms with Crippen molar-refractivity contribution in [2.75, 3.05) is 7.11 Å². The number of pyridine rings is 1. The van der Waals surface area contributed by atoms with Gasteiger partial charge in [0.15, 0.2) is 0 Å². The van der Waals surface area contributed by atoms with E-state index in [0.717, 1.165) is 16.6 Å². The maximum absolute atomic E-state index is 11.2. The fourth-order valence-electron chi connectivity index (χ4n) is 1.72. The van der Waals surface area contributed by atoms with Gasteiger partial charge in [-0.15, -0.1) is 0 Å². The van der Waals surface area contributed by atoms with E-state index in [1.807, 2.05) is 36.4 Å². The Bertz CT molecular complexity index is 554. The van der Waals surface area contributed by atoms with Crippen LogP contribution < -0.4 is 5.32 Å². The summed E-state index contributed by atoms with van der Waals surface area (Å²) in [6, 6.07) is 11.6. The topological polar surface area (TPSA) is 51.2 Å². The van der Waals surface area contributed by atoms with E-state index in [1.54, 1.807) is 6.92 Å². The van der Waals surface area contributed by atoms with E-state index in [9.17, 15) is 4.79 Å². The number of methoxy groups -OCH3 is 1. The number of esters is 1. The van der Waals surface area contributed by atoms with Crippen molar-refractivity contribution in [3.63, 3.8) is 0 Å². The fourth-order valence-corrected chi connectivity index (χ4v) is 1.72. The quantitative estimate of drug-likeness (QED) is 0.834. The molecule has 4 heteroatoms. The Morgan fingerprint density at radius 2 is 2.11 bits per heavy atom. The summed E-state index contributed by atoms with van der Waals surface area (Å²) in [5.74, 6) is -0.268. The Labute approximate surface area is 106 Å². The van der Waals surface area contributed by atoms with Crippen LogP contribution in [0.2, 0.25) is 0 Å². The minimum absolute atomic E-state index is 0.268. The molecule has 1 aromatic carbocycles. The average molecular weight is 244 g/mol. The average Bonchev–Trinajstić information content (AvgIpc) is 2.43. The zero-order chi connectivity index (χ0) is 13.0. The number of nitrogens with one attached hydrogen (secondary N) is 1. The Morgan fingerprint density at radius 3 is 2.89 bits per heavy atom. The van der Waals surface area contributed by atoms with E-state index in [4.69, 9.17) is 0 Å². The summed E-state index contributed by atoms with van der Waals surface area (Å²) in [5.41, 5.74) is 1.87. The molecule has 0 radical (unpaired) electrons. The minimum Gasteiger partial charge on any atom is -0.468 e. The molecular formula is C14H16N2O2. The van der Waals surface area contributed by atoms with Gasteiger partial charge in [0.05, 0.1) is 18.3 Å². The van der Waals surface area contributed by atoms with Crippen molar-refractivity contribution in [2.24, 2.45) is 0 Å².